The molecule has 14 heavy (non-hydrogen) atoms. The predicted octanol–water partition coefficient (Wildman–Crippen LogP) is 0.886. The Labute approximate surface area is 76.4 Å². The van der Waals surface area contributed by atoms with E-state index in [1.807, 2.05) is 0 Å². The summed E-state index contributed by atoms with van der Waals surface area (Å²) in [6, 6.07) is 0. The van der Waals surface area contributed by atoms with E-state index in [0.29, 0.717) is 6.26 Å². The molecule has 0 spiro atoms. The molecule has 0 bridgehead atoms. The standard InChI is InChI=1S/C7H5F2NO4/c1-3-10-4(2-14-3)5(11)7(8,9)6(12)13/h2H,1H3,(H,12,13). The van der Waals surface area contributed by atoms with Gasteiger partial charge in [0.2, 0.25) is 0 Å². The molecule has 1 aromatic rings. The highest BCUT2D eigenvalue weighted by atomic mass is 19.3. The molecule has 0 saturated heterocycles. The van der Waals surface area contributed by atoms with Crippen molar-refractivity contribution in [3.63, 3.8) is 0 Å². The highest BCUT2D eigenvalue weighted by Crippen LogP contribution is 2.19. The number of ketones is 1. The molecule has 0 radical (unpaired) electrons. The van der Waals surface area contributed by atoms with Crippen LogP contribution in [-0.4, -0.2) is 27.8 Å². The zero-order valence-corrected chi connectivity index (χ0v) is 6.95. The van der Waals surface area contributed by atoms with Gasteiger partial charge in [0.1, 0.15) is 6.26 Å². The van der Waals surface area contributed by atoms with Crippen LogP contribution in [0.5, 0.6) is 0 Å². The Hall–Kier alpha value is -1.79. The second-order valence-corrected chi connectivity index (χ2v) is 2.46. The Balaban J connectivity index is 3.02. The summed E-state index contributed by atoms with van der Waals surface area (Å²) in [6.45, 7) is 1.34. The average Bonchev–Trinajstić information content (AvgIpc) is 2.50. The Morgan fingerprint density at radius 3 is 2.50 bits per heavy atom. The van der Waals surface area contributed by atoms with E-state index >= 15 is 0 Å². The van der Waals surface area contributed by atoms with E-state index in [1.54, 1.807) is 0 Å². The number of alkyl halides is 2. The Kier molecular flexibility index (Phi) is 2.33. The molecule has 0 aliphatic rings. The minimum absolute atomic E-state index is 0.00883. The third-order valence-corrected chi connectivity index (χ3v) is 1.41. The Morgan fingerprint density at radius 1 is 1.57 bits per heavy atom. The summed E-state index contributed by atoms with van der Waals surface area (Å²) < 4.78 is 29.7. The summed E-state index contributed by atoms with van der Waals surface area (Å²) in [5.41, 5.74) is -0.699. The molecule has 76 valence electrons. The predicted molar refractivity (Wildman–Crippen MR) is 38.2 cm³/mol. The fourth-order valence-electron chi connectivity index (χ4n) is 0.726. The van der Waals surface area contributed by atoms with Gasteiger partial charge in [-0.1, -0.05) is 0 Å². The van der Waals surface area contributed by atoms with E-state index in [-0.39, 0.29) is 5.89 Å². The van der Waals surface area contributed by atoms with Gasteiger partial charge < -0.3 is 9.52 Å². The summed E-state index contributed by atoms with van der Waals surface area (Å²) in [7, 11) is 0. The zero-order chi connectivity index (χ0) is 10.9. The number of carbonyl (C=O) groups is 2. The van der Waals surface area contributed by atoms with Crippen LogP contribution in [0.25, 0.3) is 0 Å². The number of carbonyl (C=O) groups excluding carboxylic acids is 1. The number of nitrogens with zero attached hydrogens (tertiary/aromatic N) is 1. The number of aryl methyl sites for hydroxylation is 1. The van der Waals surface area contributed by atoms with Gasteiger partial charge in [-0.05, 0) is 0 Å². The molecule has 1 rings (SSSR count). The minimum Gasteiger partial charge on any atom is -0.476 e. The number of carboxylic acid groups (broad SMARTS) is 1. The number of oxazole rings is 1. The van der Waals surface area contributed by atoms with Crippen molar-refractivity contribution in [1.29, 1.82) is 0 Å². The van der Waals surface area contributed by atoms with Crippen LogP contribution in [0.4, 0.5) is 8.78 Å². The van der Waals surface area contributed by atoms with Gasteiger partial charge in [0.05, 0.1) is 0 Å². The SMILES string of the molecule is Cc1nc(C(=O)C(F)(F)C(=O)O)co1. The van der Waals surface area contributed by atoms with Crippen LogP contribution in [0.3, 0.4) is 0 Å². The van der Waals surface area contributed by atoms with Crippen molar-refractivity contribution in [3.05, 3.63) is 17.8 Å². The molecule has 0 aromatic carbocycles. The van der Waals surface area contributed by atoms with Gasteiger partial charge in [-0.2, -0.15) is 8.78 Å². The normalized spacial score (nSPS) is 11.4. The maximum Gasteiger partial charge on any atom is 0.405 e. The van der Waals surface area contributed by atoms with Crippen LogP contribution in [-0.2, 0) is 4.79 Å². The molecule has 0 amide bonds. The molecule has 7 heteroatoms. The van der Waals surface area contributed by atoms with Gasteiger partial charge in [0, 0.05) is 6.92 Å². The van der Waals surface area contributed by atoms with Gasteiger partial charge >= 0.3 is 11.9 Å². The van der Waals surface area contributed by atoms with Gasteiger partial charge in [0.15, 0.2) is 11.6 Å². The highest BCUT2D eigenvalue weighted by Gasteiger charge is 2.49. The summed E-state index contributed by atoms with van der Waals surface area (Å²) >= 11 is 0. The molecule has 5 nitrogen and oxygen atoms in total. The molecule has 0 fully saturated rings. The fourth-order valence-corrected chi connectivity index (χ4v) is 0.726. The molecule has 1 aromatic heterocycles. The van der Waals surface area contributed by atoms with Gasteiger partial charge in [-0.25, -0.2) is 9.78 Å². The average molecular weight is 205 g/mol. The van der Waals surface area contributed by atoms with Crippen LogP contribution >= 0.6 is 0 Å². The van der Waals surface area contributed by atoms with E-state index in [9.17, 15) is 18.4 Å². The van der Waals surface area contributed by atoms with E-state index in [1.165, 1.54) is 6.92 Å². The van der Waals surface area contributed by atoms with Gasteiger partial charge in [0.25, 0.3) is 5.78 Å². The summed E-state index contributed by atoms with van der Waals surface area (Å²) in [5, 5.41) is 8.05. The van der Waals surface area contributed by atoms with Crippen molar-refractivity contribution in [2.24, 2.45) is 0 Å². The molecule has 0 unspecified atom stereocenters. The molecular weight excluding hydrogens is 200 g/mol. The summed E-state index contributed by atoms with van der Waals surface area (Å²) in [4.78, 5) is 24.2. The lowest BCUT2D eigenvalue weighted by molar-refractivity contribution is -0.157. The van der Waals surface area contributed by atoms with Crippen LogP contribution < -0.4 is 0 Å². The van der Waals surface area contributed by atoms with E-state index < -0.39 is 23.4 Å². The Bertz CT molecular complexity index is 385. The second-order valence-electron chi connectivity index (χ2n) is 2.46. The van der Waals surface area contributed by atoms with Crippen LogP contribution in [0, 0.1) is 6.92 Å². The molecule has 0 saturated carbocycles. The van der Waals surface area contributed by atoms with Crippen LogP contribution in [0.15, 0.2) is 10.7 Å². The molecule has 0 aliphatic carbocycles. The molecule has 0 atom stereocenters. The number of aliphatic carboxylic acids is 1. The van der Waals surface area contributed by atoms with Crippen molar-refractivity contribution in [3.8, 4) is 0 Å². The number of hydrogen-bond acceptors (Lipinski definition) is 4. The summed E-state index contributed by atoms with van der Waals surface area (Å²) in [5.74, 6) is -8.86. The minimum atomic E-state index is -4.47. The van der Waals surface area contributed by atoms with E-state index in [0.717, 1.165) is 0 Å². The maximum atomic E-state index is 12.6. The largest absolute Gasteiger partial charge is 0.476 e. The Morgan fingerprint density at radius 2 is 2.14 bits per heavy atom. The number of carboxylic acids is 1. The first-order valence-corrected chi connectivity index (χ1v) is 3.44. The van der Waals surface area contributed by atoms with Crippen molar-refractivity contribution in [2.75, 3.05) is 0 Å². The highest BCUT2D eigenvalue weighted by molar-refractivity contribution is 6.12. The molecular formula is C7H5F2NO4. The third-order valence-electron chi connectivity index (χ3n) is 1.41. The van der Waals surface area contributed by atoms with Crippen LogP contribution in [0.1, 0.15) is 16.4 Å². The quantitative estimate of drug-likeness (QED) is 0.585. The molecule has 1 heterocycles. The lowest BCUT2D eigenvalue weighted by Gasteiger charge is -2.06. The fraction of sp³-hybridized carbons (Fsp3) is 0.286. The van der Waals surface area contributed by atoms with Crippen molar-refractivity contribution in [1.82, 2.24) is 4.98 Å². The van der Waals surface area contributed by atoms with Gasteiger partial charge in [-0.15, -0.1) is 0 Å². The van der Waals surface area contributed by atoms with Crippen molar-refractivity contribution < 1.29 is 27.9 Å². The third kappa shape index (κ3) is 1.61. The smallest absolute Gasteiger partial charge is 0.405 e. The first kappa shape index (κ1) is 10.3. The topological polar surface area (TPSA) is 80.4 Å². The second kappa shape index (κ2) is 3.17. The number of Topliss-reactive ketones (excluding diaryl/α,β-unsaturated/α-hetero) is 1. The lowest BCUT2D eigenvalue weighted by Crippen LogP contribution is -2.37. The molecule has 0 aliphatic heterocycles. The summed E-state index contributed by atoms with van der Waals surface area (Å²) in [6.07, 6.45) is 0.689. The van der Waals surface area contributed by atoms with Gasteiger partial charge in [-0.3, -0.25) is 4.79 Å². The lowest BCUT2D eigenvalue weighted by atomic mass is 10.2. The van der Waals surface area contributed by atoms with E-state index in [2.05, 4.69) is 9.40 Å². The zero-order valence-electron chi connectivity index (χ0n) is 6.95. The van der Waals surface area contributed by atoms with E-state index in [4.69, 9.17) is 5.11 Å². The number of aromatic nitrogens is 1. The number of rotatable bonds is 3. The first-order chi connectivity index (χ1) is 6.35. The number of halogens is 2. The van der Waals surface area contributed by atoms with Crippen molar-refractivity contribution >= 4 is 11.8 Å². The van der Waals surface area contributed by atoms with Crippen molar-refractivity contribution in [2.45, 2.75) is 12.8 Å². The monoisotopic (exact) mass is 205 g/mol. The van der Waals surface area contributed by atoms with Crippen LogP contribution in [0.2, 0.25) is 0 Å². The molecule has 1 N–H and O–H groups in total. The maximum absolute atomic E-state index is 12.6. The number of hydrogen-bond donors (Lipinski definition) is 1. The first-order valence-electron chi connectivity index (χ1n) is 3.44.